The normalized spacial score (nSPS) is 13.1. The average molecular weight is 181 g/mol. The second-order valence-corrected chi connectivity index (χ2v) is 3.70. The van der Waals surface area contributed by atoms with Crippen molar-refractivity contribution in [1.29, 1.82) is 0 Å². The lowest BCUT2D eigenvalue weighted by molar-refractivity contribution is -0.696. The summed E-state index contributed by atoms with van der Waals surface area (Å²) in [6, 6.07) is 0. The topological polar surface area (TPSA) is 19.7 Å². The van der Waals surface area contributed by atoms with E-state index in [0.29, 0.717) is 0 Å². The SMILES string of the molecule is CCCC(CC)CC[n+]1cc[nH]c1. The van der Waals surface area contributed by atoms with Crippen molar-refractivity contribution in [1.82, 2.24) is 4.98 Å². The van der Waals surface area contributed by atoms with Crippen LogP contribution in [-0.2, 0) is 6.54 Å². The van der Waals surface area contributed by atoms with Gasteiger partial charge in [-0.2, -0.15) is 0 Å². The van der Waals surface area contributed by atoms with Gasteiger partial charge >= 0.3 is 0 Å². The zero-order valence-corrected chi connectivity index (χ0v) is 8.79. The van der Waals surface area contributed by atoms with Gasteiger partial charge in [-0.25, -0.2) is 4.57 Å². The lowest BCUT2D eigenvalue weighted by Crippen LogP contribution is -2.31. The number of aromatic nitrogens is 2. The van der Waals surface area contributed by atoms with Gasteiger partial charge in [-0.1, -0.05) is 33.1 Å². The second-order valence-electron chi connectivity index (χ2n) is 3.70. The van der Waals surface area contributed by atoms with Gasteiger partial charge in [0, 0.05) is 0 Å². The Morgan fingerprint density at radius 1 is 1.31 bits per heavy atom. The van der Waals surface area contributed by atoms with Gasteiger partial charge < -0.3 is 0 Å². The lowest BCUT2D eigenvalue weighted by Gasteiger charge is -2.11. The largest absolute Gasteiger partial charge is 0.250 e. The molecule has 1 N–H and O–H groups in total. The number of aryl methyl sites for hydroxylation is 1. The number of hydrogen-bond donors (Lipinski definition) is 1. The molecule has 0 fully saturated rings. The Morgan fingerprint density at radius 2 is 2.15 bits per heavy atom. The highest BCUT2D eigenvalue weighted by Gasteiger charge is 2.06. The Bertz CT molecular complexity index is 204. The molecule has 1 aromatic rings. The van der Waals surface area contributed by atoms with Gasteiger partial charge in [0.05, 0.1) is 6.54 Å². The number of H-pyrrole nitrogens is 1. The molecule has 0 saturated heterocycles. The van der Waals surface area contributed by atoms with E-state index in [2.05, 4.69) is 29.6 Å². The predicted octanol–water partition coefficient (Wildman–Crippen LogP) is 2.52. The van der Waals surface area contributed by atoms with E-state index in [9.17, 15) is 0 Å². The number of nitrogens with one attached hydrogen (secondary N) is 1. The predicted molar refractivity (Wildman–Crippen MR) is 54.3 cm³/mol. The zero-order chi connectivity index (χ0) is 9.52. The van der Waals surface area contributed by atoms with E-state index in [0.717, 1.165) is 12.5 Å². The Labute approximate surface area is 81.0 Å². The van der Waals surface area contributed by atoms with Crippen molar-refractivity contribution in [3.05, 3.63) is 18.7 Å². The number of imidazole rings is 1. The first-order chi connectivity index (χ1) is 6.36. The van der Waals surface area contributed by atoms with Crippen molar-refractivity contribution in [2.45, 2.75) is 46.1 Å². The van der Waals surface area contributed by atoms with Gasteiger partial charge in [0.1, 0.15) is 12.4 Å². The molecule has 74 valence electrons. The molecular formula is C11H21N2+. The minimum absolute atomic E-state index is 0.910. The molecule has 2 nitrogen and oxygen atoms in total. The van der Waals surface area contributed by atoms with E-state index in [1.807, 2.05) is 12.5 Å². The maximum atomic E-state index is 3.07. The maximum Gasteiger partial charge on any atom is 0.241 e. The molecule has 13 heavy (non-hydrogen) atoms. The number of aromatic amines is 1. The van der Waals surface area contributed by atoms with Crippen LogP contribution < -0.4 is 4.57 Å². The van der Waals surface area contributed by atoms with Crippen LogP contribution >= 0.6 is 0 Å². The molecule has 0 spiro atoms. The van der Waals surface area contributed by atoms with Crippen molar-refractivity contribution in [3.63, 3.8) is 0 Å². The molecule has 0 bridgehead atoms. The molecule has 1 aromatic heterocycles. The van der Waals surface area contributed by atoms with Gasteiger partial charge in [0.2, 0.25) is 6.33 Å². The minimum Gasteiger partial charge on any atom is -0.250 e. The first kappa shape index (κ1) is 10.3. The quantitative estimate of drug-likeness (QED) is 0.651. The Balaban J connectivity index is 2.23. The summed E-state index contributed by atoms with van der Waals surface area (Å²) in [6.07, 6.45) is 11.4. The van der Waals surface area contributed by atoms with Crippen LogP contribution in [0.3, 0.4) is 0 Å². The molecule has 1 unspecified atom stereocenters. The number of nitrogens with zero attached hydrogens (tertiary/aromatic N) is 1. The van der Waals surface area contributed by atoms with Crippen molar-refractivity contribution < 1.29 is 4.57 Å². The highest BCUT2D eigenvalue weighted by molar-refractivity contribution is 4.57. The Hall–Kier alpha value is -0.790. The fourth-order valence-corrected chi connectivity index (χ4v) is 1.75. The molecule has 1 heterocycles. The van der Waals surface area contributed by atoms with Crippen LogP contribution in [-0.4, -0.2) is 4.98 Å². The summed E-state index contributed by atoms with van der Waals surface area (Å²) in [6.45, 7) is 5.72. The zero-order valence-electron chi connectivity index (χ0n) is 8.79. The van der Waals surface area contributed by atoms with Crippen molar-refractivity contribution in [2.24, 2.45) is 5.92 Å². The molecule has 0 aliphatic carbocycles. The van der Waals surface area contributed by atoms with Gasteiger partial charge in [0.25, 0.3) is 0 Å². The monoisotopic (exact) mass is 181 g/mol. The fourth-order valence-electron chi connectivity index (χ4n) is 1.75. The highest BCUT2D eigenvalue weighted by atomic mass is 15.0. The first-order valence-electron chi connectivity index (χ1n) is 5.38. The van der Waals surface area contributed by atoms with E-state index in [1.54, 1.807) is 0 Å². The maximum absolute atomic E-state index is 3.07. The summed E-state index contributed by atoms with van der Waals surface area (Å²) in [5.74, 6) is 0.910. The molecule has 0 aliphatic heterocycles. The van der Waals surface area contributed by atoms with Crippen LogP contribution in [0.25, 0.3) is 0 Å². The summed E-state index contributed by atoms with van der Waals surface area (Å²) >= 11 is 0. The third kappa shape index (κ3) is 3.62. The van der Waals surface area contributed by atoms with E-state index < -0.39 is 0 Å². The highest BCUT2D eigenvalue weighted by Crippen LogP contribution is 2.14. The van der Waals surface area contributed by atoms with Crippen molar-refractivity contribution in [2.75, 3.05) is 0 Å². The molecule has 0 saturated carbocycles. The first-order valence-corrected chi connectivity index (χ1v) is 5.38. The molecule has 0 aliphatic rings. The van der Waals surface area contributed by atoms with Crippen LogP contribution in [0.2, 0.25) is 0 Å². The smallest absolute Gasteiger partial charge is 0.241 e. The summed E-state index contributed by atoms with van der Waals surface area (Å²) in [7, 11) is 0. The molecule has 2 heteroatoms. The summed E-state index contributed by atoms with van der Waals surface area (Å²) in [5, 5.41) is 0. The van der Waals surface area contributed by atoms with Crippen LogP contribution in [0.5, 0.6) is 0 Å². The third-order valence-corrected chi connectivity index (χ3v) is 2.67. The molecule has 0 amide bonds. The number of hydrogen-bond acceptors (Lipinski definition) is 0. The summed E-state index contributed by atoms with van der Waals surface area (Å²) < 4.78 is 2.22. The second kappa shape index (κ2) is 5.79. The van der Waals surface area contributed by atoms with Crippen molar-refractivity contribution >= 4 is 0 Å². The van der Waals surface area contributed by atoms with Gasteiger partial charge in [0.15, 0.2) is 0 Å². The van der Waals surface area contributed by atoms with E-state index in [1.165, 1.54) is 25.7 Å². The fraction of sp³-hybridized carbons (Fsp3) is 0.727. The van der Waals surface area contributed by atoms with E-state index in [4.69, 9.17) is 0 Å². The minimum atomic E-state index is 0.910. The van der Waals surface area contributed by atoms with Gasteiger partial charge in [-0.15, -0.1) is 0 Å². The van der Waals surface area contributed by atoms with Crippen molar-refractivity contribution in [3.8, 4) is 0 Å². The van der Waals surface area contributed by atoms with Gasteiger partial charge in [-0.3, -0.25) is 4.98 Å². The molecule has 1 atom stereocenters. The third-order valence-electron chi connectivity index (χ3n) is 2.67. The van der Waals surface area contributed by atoms with Crippen LogP contribution in [0.1, 0.15) is 39.5 Å². The van der Waals surface area contributed by atoms with E-state index in [-0.39, 0.29) is 0 Å². The molecule has 0 aromatic carbocycles. The Morgan fingerprint density at radius 3 is 2.69 bits per heavy atom. The van der Waals surface area contributed by atoms with Crippen LogP contribution in [0.15, 0.2) is 18.7 Å². The molecule has 0 radical (unpaired) electrons. The molecular weight excluding hydrogens is 160 g/mol. The average Bonchev–Trinajstić information content (AvgIpc) is 2.64. The summed E-state index contributed by atoms with van der Waals surface area (Å²) in [5.41, 5.74) is 0. The van der Waals surface area contributed by atoms with Crippen LogP contribution in [0.4, 0.5) is 0 Å². The summed E-state index contributed by atoms with van der Waals surface area (Å²) in [4.78, 5) is 3.07. The standard InChI is InChI=1S/C11H20N2/c1-3-5-11(4-2)6-8-13-9-7-12-10-13/h7,9-11H,3-6,8H2,1-2H3/p+1. The van der Waals surface area contributed by atoms with E-state index >= 15 is 0 Å². The van der Waals surface area contributed by atoms with Gasteiger partial charge in [-0.05, 0) is 12.3 Å². The Kier molecular flexibility index (Phi) is 4.58. The molecule has 1 rings (SSSR count). The van der Waals surface area contributed by atoms with Crippen LogP contribution in [0, 0.1) is 5.92 Å². The number of rotatable bonds is 6. The lowest BCUT2D eigenvalue weighted by atomic mass is 9.97.